The van der Waals surface area contributed by atoms with Gasteiger partial charge in [-0.15, -0.1) is 10.2 Å². The van der Waals surface area contributed by atoms with Gasteiger partial charge in [-0.25, -0.2) is 4.79 Å². The van der Waals surface area contributed by atoms with Gasteiger partial charge in [-0.1, -0.05) is 0 Å². The number of amides is 1. The Bertz CT molecular complexity index is 499. The summed E-state index contributed by atoms with van der Waals surface area (Å²) in [6.07, 6.45) is 1.54. The molecule has 122 valence electrons. The van der Waals surface area contributed by atoms with Crippen LogP contribution in [0.5, 0.6) is 5.88 Å². The molecule has 1 atom stereocenters. The average molecular weight is 308 g/mol. The van der Waals surface area contributed by atoms with Crippen LogP contribution in [0.25, 0.3) is 0 Å². The lowest BCUT2D eigenvalue weighted by atomic mass is 10.1. The standard InChI is InChI=1S/C15H24N4O3/c1-15(2,3)22-14(20)16-11-6-5-9-19(10-11)12-7-8-13(21-4)18-17-12/h7-8,11H,5-6,9-10H2,1-4H3,(H,16,20). The molecule has 22 heavy (non-hydrogen) atoms. The smallest absolute Gasteiger partial charge is 0.407 e. The second kappa shape index (κ2) is 6.81. The molecule has 1 saturated heterocycles. The van der Waals surface area contributed by atoms with Gasteiger partial charge in [0.2, 0.25) is 5.88 Å². The van der Waals surface area contributed by atoms with Crippen molar-refractivity contribution >= 4 is 11.9 Å². The Balaban J connectivity index is 1.92. The number of piperidine rings is 1. The zero-order chi connectivity index (χ0) is 16.2. The van der Waals surface area contributed by atoms with Gasteiger partial charge >= 0.3 is 6.09 Å². The molecule has 7 nitrogen and oxygen atoms in total. The summed E-state index contributed by atoms with van der Waals surface area (Å²) in [5.74, 6) is 1.28. The van der Waals surface area contributed by atoms with Gasteiger partial charge in [0, 0.05) is 25.2 Å². The van der Waals surface area contributed by atoms with Crippen molar-refractivity contribution < 1.29 is 14.3 Å². The van der Waals surface area contributed by atoms with Crippen molar-refractivity contribution in [3.63, 3.8) is 0 Å². The van der Waals surface area contributed by atoms with Gasteiger partial charge < -0.3 is 19.7 Å². The molecule has 2 rings (SSSR count). The summed E-state index contributed by atoms with van der Waals surface area (Å²) >= 11 is 0. The van der Waals surface area contributed by atoms with Crippen LogP contribution in [0.15, 0.2) is 12.1 Å². The van der Waals surface area contributed by atoms with Gasteiger partial charge in [0.1, 0.15) is 5.60 Å². The number of alkyl carbamates (subject to hydrolysis) is 1. The molecule has 0 radical (unpaired) electrons. The van der Waals surface area contributed by atoms with Crippen molar-refractivity contribution in [3.05, 3.63) is 12.1 Å². The molecular formula is C15H24N4O3. The summed E-state index contributed by atoms with van der Waals surface area (Å²) in [7, 11) is 1.56. The van der Waals surface area contributed by atoms with Crippen molar-refractivity contribution in [1.29, 1.82) is 0 Å². The molecule has 1 amide bonds. The first-order chi connectivity index (χ1) is 10.4. The quantitative estimate of drug-likeness (QED) is 0.920. The zero-order valence-corrected chi connectivity index (χ0v) is 13.6. The van der Waals surface area contributed by atoms with E-state index in [0.717, 1.165) is 25.2 Å². The Morgan fingerprint density at radius 2 is 2.14 bits per heavy atom. The maximum Gasteiger partial charge on any atom is 0.407 e. The van der Waals surface area contributed by atoms with Gasteiger partial charge in [-0.05, 0) is 39.7 Å². The third kappa shape index (κ3) is 4.75. The monoisotopic (exact) mass is 308 g/mol. The number of ether oxygens (including phenoxy) is 2. The lowest BCUT2D eigenvalue weighted by Gasteiger charge is -2.34. The first-order valence-corrected chi connectivity index (χ1v) is 7.49. The lowest BCUT2D eigenvalue weighted by Crippen LogP contribution is -2.49. The predicted molar refractivity (Wildman–Crippen MR) is 83.2 cm³/mol. The highest BCUT2D eigenvalue weighted by molar-refractivity contribution is 5.68. The number of hydrogen-bond acceptors (Lipinski definition) is 6. The molecule has 2 heterocycles. The normalized spacial score (nSPS) is 18.7. The van der Waals surface area contributed by atoms with Crippen LogP contribution in [0.4, 0.5) is 10.6 Å². The van der Waals surface area contributed by atoms with Crippen LogP contribution in [0.3, 0.4) is 0 Å². The van der Waals surface area contributed by atoms with E-state index in [1.165, 1.54) is 0 Å². The summed E-state index contributed by atoms with van der Waals surface area (Å²) in [5.41, 5.74) is -0.486. The number of carbonyl (C=O) groups is 1. The van der Waals surface area contributed by atoms with E-state index in [-0.39, 0.29) is 12.1 Å². The fourth-order valence-electron chi connectivity index (χ4n) is 2.37. The highest BCUT2D eigenvalue weighted by Gasteiger charge is 2.25. The van der Waals surface area contributed by atoms with Gasteiger partial charge in [0.15, 0.2) is 5.82 Å². The van der Waals surface area contributed by atoms with E-state index in [1.807, 2.05) is 26.8 Å². The molecule has 1 unspecified atom stereocenters. The largest absolute Gasteiger partial charge is 0.480 e. The topological polar surface area (TPSA) is 76.6 Å². The molecule has 1 aromatic heterocycles. The fourth-order valence-corrected chi connectivity index (χ4v) is 2.37. The minimum absolute atomic E-state index is 0.0486. The SMILES string of the molecule is COc1ccc(N2CCCC(NC(=O)OC(C)(C)C)C2)nn1. The predicted octanol–water partition coefficient (Wildman–Crippen LogP) is 1.98. The van der Waals surface area contributed by atoms with Crippen LogP contribution >= 0.6 is 0 Å². The van der Waals surface area contributed by atoms with Crippen molar-refractivity contribution in [2.24, 2.45) is 0 Å². The summed E-state index contributed by atoms with van der Waals surface area (Å²) in [5, 5.41) is 11.1. The van der Waals surface area contributed by atoms with E-state index in [1.54, 1.807) is 13.2 Å². The maximum atomic E-state index is 11.9. The van der Waals surface area contributed by atoms with Crippen LogP contribution in [-0.2, 0) is 4.74 Å². The highest BCUT2D eigenvalue weighted by Crippen LogP contribution is 2.19. The molecule has 7 heteroatoms. The number of methoxy groups -OCH3 is 1. The van der Waals surface area contributed by atoms with Crippen LogP contribution in [0, 0.1) is 0 Å². The van der Waals surface area contributed by atoms with E-state index >= 15 is 0 Å². The van der Waals surface area contributed by atoms with Crippen molar-refractivity contribution in [2.75, 3.05) is 25.1 Å². The Labute approximate surface area is 131 Å². The van der Waals surface area contributed by atoms with Crippen molar-refractivity contribution in [3.8, 4) is 5.88 Å². The third-order valence-electron chi connectivity index (χ3n) is 3.30. The lowest BCUT2D eigenvalue weighted by molar-refractivity contribution is 0.0500. The van der Waals surface area contributed by atoms with E-state index < -0.39 is 5.60 Å². The summed E-state index contributed by atoms with van der Waals surface area (Å²) in [4.78, 5) is 14.0. The number of aromatic nitrogens is 2. The first-order valence-electron chi connectivity index (χ1n) is 7.49. The first kappa shape index (κ1) is 16.3. The van der Waals surface area contributed by atoms with Crippen LogP contribution < -0.4 is 15.0 Å². The number of nitrogens with one attached hydrogen (secondary N) is 1. The Kier molecular flexibility index (Phi) is 5.05. The third-order valence-corrected chi connectivity index (χ3v) is 3.30. The van der Waals surface area contributed by atoms with Crippen LogP contribution in [0.1, 0.15) is 33.6 Å². The molecule has 0 bridgehead atoms. The van der Waals surface area contributed by atoms with Gasteiger partial charge in [-0.3, -0.25) is 0 Å². The Hall–Kier alpha value is -2.05. The Morgan fingerprint density at radius 3 is 2.73 bits per heavy atom. The molecule has 1 aliphatic rings. The highest BCUT2D eigenvalue weighted by atomic mass is 16.6. The fraction of sp³-hybridized carbons (Fsp3) is 0.667. The molecule has 1 N–H and O–H groups in total. The van der Waals surface area contributed by atoms with E-state index in [9.17, 15) is 4.79 Å². The van der Waals surface area contributed by atoms with Crippen molar-refractivity contribution in [1.82, 2.24) is 15.5 Å². The molecular weight excluding hydrogens is 284 g/mol. The second-order valence-corrected chi connectivity index (χ2v) is 6.37. The molecule has 0 saturated carbocycles. The average Bonchev–Trinajstić information content (AvgIpc) is 2.45. The summed E-state index contributed by atoms with van der Waals surface area (Å²) in [6.45, 7) is 7.15. The van der Waals surface area contributed by atoms with Crippen LogP contribution in [0.2, 0.25) is 0 Å². The zero-order valence-electron chi connectivity index (χ0n) is 13.6. The maximum absolute atomic E-state index is 11.9. The van der Waals surface area contributed by atoms with Gasteiger partial charge in [-0.2, -0.15) is 0 Å². The van der Waals surface area contributed by atoms with E-state index in [4.69, 9.17) is 9.47 Å². The van der Waals surface area contributed by atoms with Crippen LogP contribution in [-0.4, -0.2) is 48.1 Å². The second-order valence-electron chi connectivity index (χ2n) is 6.37. The van der Waals surface area contributed by atoms with E-state index in [0.29, 0.717) is 12.4 Å². The number of nitrogens with zero attached hydrogens (tertiary/aromatic N) is 3. The Morgan fingerprint density at radius 1 is 1.36 bits per heavy atom. The van der Waals surface area contributed by atoms with Gasteiger partial charge in [0.05, 0.1) is 7.11 Å². The minimum atomic E-state index is -0.486. The summed E-state index contributed by atoms with van der Waals surface area (Å²) in [6, 6.07) is 3.71. The number of rotatable bonds is 3. The van der Waals surface area contributed by atoms with Gasteiger partial charge in [0.25, 0.3) is 0 Å². The molecule has 0 aliphatic carbocycles. The molecule has 1 aliphatic heterocycles. The summed E-state index contributed by atoms with van der Waals surface area (Å²) < 4.78 is 10.3. The molecule has 1 aromatic rings. The van der Waals surface area contributed by atoms with Crippen molar-refractivity contribution in [2.45, 2.75) is 45.3 Å². The number of carbonyl (C=O) groups excluding carboxylic acids is 1. The number of anilines is 1. The molecule has 1 fully saturated rings. The minimum Gasteiger partial charge on any atom is -0.480 e. The van der Waals surface area contributed by atoms with E-state index in [2.05, 4.69) is 20.4 Å². The molecule has 0 spiro atoms. The number of hydrogen-bond donors (Lipinski definition) is 1. The molecule has 0 aromatic carbocycles.